The Balaban J connectivity index is 1.60. The molecule has 1 unspecified atom stereocenters. The van der Waals surface area contributed by atoms with Crippen molar-refractivity contribution in [1.82, 2.24) is 9.88 Å². The Morgan fingerprint density at radius 1 is 1.38 bits per heavy atom. The quantitative estimate of drug-likeness (QED) is 0.782. The van der Waals surface area contributed by atoms with Crippen molar-refractivity contribution in [2.45, 2.75) is 12.5 Å². The number of nitrogens with one attached hydrogen (secondary N) is 1. The molecule has 1 N–H and O–H groups in total. The third-order valence-corrected chi connectivity index (χ3v) is 7.44. The first-order valence-electron chi connectivity index (χ1n) is 7.85. The van der Waals surface area contributed by atoms with Gasteiger partial charge < -0.3 is 5.32 Å². The van der Waals surface area contributed by atoms with E-state index in [1.807, 2.05) is 11.4 Å². The van der Waals surface area contributed by atoms with Gasteiger partial charge in [0.1, 0.15) is 0 Å². The number of nitrogens with zero attached hydrogens (tertiary/aromatic N) is 2. The molecule has 1 amide bonds. The molecule has 1 atom stereocenters. The summed E-state index contributed by atoms with van der Waals surface area (Å²) in [5, 5.41) is 5.96. The van der Waals surface area contributed by atoms with Crippen molar-refractivity contribution in [1.29, 1.82) is 0 Å². The summed E-state index contributed by atoms with van der Waals surface area (Å²) in [7, 11) is -1.21. The van der Waals surface area contributed by atoms with Gasteiger partial charge in [-0.1, -0.05) is 29.3 Å². The highest BCUT2D eigenvalue weighted by atomic mass is 35.5. The molecule has 0 radical (unpaired) electrons. The number of thiazole rings is 1. The van der Waals surface area contributed by atoms with Crippen LogP contribution in [-0.4, -0.2) is 55.3 Å². The number of hydrogen-bond acceptors (Lipinski definition) is 6. The van der Waals surface area contributed by atoms with Crippen molar-refractivity contribution >= 4 is 55.4 Å². The van der Waals surface area contributed by atoms with Gasteiger partial charge >= 0.3 is 0 Å². The summed E-state index contributed by atoms with van der Waals surface area (Å²) >= 11 is 13.2. The Morgan fingerprint density at radius 2 is 2.15 bits per heavy atom. The average molecular weight is 434 g/mol. The minimum absolute atomic E-state index is 0.107. The number of hydrogen-bond donors (Lipinski definition) is 1. The highest BCUT2D eigenvalue weighted by Gasteiger charge is 2.31. The molecule has 1 saturated heterocycles. The van der Waals surface area contributed by atoms with Crippen molar-refractivity contribution in [3.8, 4) is 11.3 Å². The molecular weight excluding hydrogens is 417 g/mol. The molecule has 10 heteroatoms. The molecule has 2 heterocycles. The van der Waals surface area contributed by atoms with Crippen LogP contribution in [0.1, 0.15) is 6.42 Å². The number of rotatable bonds is 5. The molecular formula is C16H17Cl2N3O3S2. The van der Waals surface area contributed by atoms with Gasteiger partial charge in [0, 0.05) is 17.0 Å². The van der Waals surface area contributed by atoms with Gasteiger partial charge in [0.05, 0.1) is 33.8 Å². The summed E-state index contributed by atoms with van der Waals surface area (Å²) < 4.78 is 23.1. The summed E-state index contributed by atoms with van der Waals surface area (Å²) in [6, 6.07) is 5.11. The van der Waals surface area contributed by atoms with Gasteiger partial charge in [-0.2, -0.15) is 0 Å². The first kappa shape index (κ1) is 19.6. The number of likely N-dealkylation sites (N-methyl/N-ethyl adjacent to an activating group) is 1. The molecule has 1 aliphatic rings. The molecule has 1 aliphatic heterocycles. The van der Waals surface area contributed by atoms with E-state index in [9.17, 15) is 13.2 Å². The molecule has 1 aromatic carbocycles. The third kappa shape index (κ3) is 4.75. The highest BCUT2D eigenvalue weighted by Crippen LogP contribution is 2.30. The number of aromatic nitrogens is 1. The molecule has 0 saturated carbocycles. The van der Waals surface area contributed by atoms with E-state index in [4.69, 9.17) is 23.2 Å². The Hall–Kier alpha value is -1.19. The van der Waals surface area contributed by atoms with Gasteiger partial charge in [-0.3, -0.25) is 9.69 Å². The minimum atomic E-state index is -2.97. The van der Waals surface area contributed by atoms with Crippen LogP contribution < -0.4 is 5.32 Å². The van der Waals surface area contributed by atoms with Gasteiger partial charge in [0.2, 0.25) is 5.91 Å². The fourth-order valence-corrected chi connectivity index (χ4v) is 5.60. The van der Waals surface area contributed by atoms with Crippen molar-refractivity contribution < 1.29 is 13.2 Å². The average Bonchev–Trinajstić information content (AvgIpc) is 3.16. The van der Waals surface area contributed by atoms with Crippen LogP contribution in [0.25, 0.3) is 11.3 Å². The number of carbonyl (C=O) groups excluding carboxylic acids is 1. The first-order chi connectivity index (χ1) is 12.2. The topological polar surface area (TPSA) is 79.4 Å². The number of carbonyl (C=O) groups is 1. The van der Waals surface area contributed by atoms with Gasteiger partial charge in [-0.05, 0) is 25.6 Å². The van der Waals surface area contributed by atoms with Gasteiger partial charge in [0.25, 0.3) is 0 Å². The van der Waals surface area contributed by atoms with Crippen LogP contribution in [-0.2, 0) is 14.6 Å². The Morgan fingerprint density at radius 3 is 2.81 bits per heavy atom. The molecule has 140 valence electrons. The number of amides is 1. The van der Waals surface area contributed by atoms with Crippen LogP contribution in [0.15, 0.2) is 23.6 Å². The van der Waals surface area contributed by atoms with Crippen LogP contribution in [0.3, 0.4) is 0 Å². The van der Waals surface area contributed by atoms with Crippen molar-refractivity contribution in [3.63, 3.8) is 0 Å². The molecule has 0 bridgehead atoms. The zero-order chi connectivity index (χ0) is 18.9. The second-order valence-electron chi connectivity index (χ2n) is 6.19. The largest absolute Gasteiger partial charge is 0.301 e. The Labute approximate surface area is 166 Å². The fourth-order valence-electron chi connectivity index (χ4n) is 2.76. The van der Waals surface area contributed by atoms with Crippen LogP contribution >= 0.6 is 34.5 Å². The van der Waals surface area contributed by atoms with Gasteiger partial charge in [0.15, 0.2) is 15.0 Å². The standard InChI is InChI=1S/C16H17Cl2N3O3S2/c1-21(11-4-5-26(23,24)9-11)7-15(22)20-16-19-14(8-25-16)10-2-3-12(17)13(18)6-10/h2-3,6,8,11H,4-5,7,9H2,1H3,(H,19,20,22). The predicted molar refractivity (Wildman–Crippen MR) is 106 cm³/mol. The van der Waals surface area contributed by atoms with E-state index in [1.165, 1.54) is 11.3 Å². The number of benzene rings is 1. The number of anilines is 1. The van der Waals surface area contributed by atoms with E-state index in [2.05, 4.69) is 10.3 Å². The summed E-state index contributed by atoms with van der Waals surface area (Å²) in [6.07, 6.45) is 0.560. The molecule has 6 nitrogen and oxygen atoms in total. The molecule has 3 rings (SSSR count). The lowest BCUT2D eigenvalue weighted by atomic mass is 10.2. The SMILES string of the molecule is CN(CC(=O)Nc1nc(-c2ccc(Cl)c(Cl)c2)cs1)C1CCS(=O)(=O)C1. The lowest BCUT2D eigenvalue weighted by molar-refractivity contribution is -0.117. The summed E-state index contributed by atoms with van der Waals surface area (Å²) in [5.74, 6) is 0.0605. The van der Waals surface area contributed by atoms with Crippen LogP contribution in [0.2, 0.25) is 10.0 Å². The molecule has 26 heavy (non-hydrogen) atoms. The molecule has 0 aliphatic carbocycles. The van der Waals surface area contributed by atoms with Crippen molar-refractivity contribution in [3.05, 3.63) is 33.6 Å². The van der Waals surface area contributed by atoms with Gasteiger partial charge in [-0.25, -0.2) is 13.4 Å². The summed E-state index contributed by atoms with van der Waals surface area (Å²) in [4.78, 5) is 18.4. The van der Waals surface area contributed by atoms with Crippen LogP contribution in [0.5, 0.6) is 0 Å². The maximum atomic E-state index is 12.2. The zero-order valence-corrected chi connectivity index (χ0v) is 17.1. The van der Waals surface area contributed by atoms with E-state index in [0.29, 0.717) is 27.3 Å². The zero-order valence-electron chi connectivity index (χ0n) is 13.9. The smallest absolute Gasteiger partial charge is 0.240 e. The number of sulfone groups is 1. The van der Waals surface area contributed by atoms with Crippen molar-refractivity contribution in [2.75, 3.05) is 30.4 Å². The van der Waals surface area contributed by atoms with E-state index in [0.717, 1.165) is 5.56 Å². The van der Waals surface area contributed by atoms with E-state index < -0.39 is 9.84 Å². The van der Waals surface area contributed by atoms with E-state index in [1.54, 1.807) is 24.1 Å². The van der Waals surface area contributed by atoms with Gasteiger partial charge in [-0.15, -0.1) is 11.3 Å². The normalized spacial score (nSPS) is 19.0. The molecule has 1 aromatic heterocycles. The Bertz CT molecular complexity index is 931. The van der Waals surface area contributed by atoms with Crippen LogP contribution in [0.4, 0.5) is 5.13 Å². The minimum Gasteiger partial charge on any atom is -0.301 e. The van der Waals surface area contributed by atoms with Crippen molar-refractivity contribution in [2.24, 2.45) is 0 Å². The maximum Gasteiger partial charge on any atom is 0.240 e. The lowest BCUT2D eigenvalue weighted by Gasteiger charge is -2.21. The third-order valence-electron chi connectivity index (χ3n) is 4.19. The fraction of sp³-hybridized carbons (Fsp3) is 0.375. The summed E-state index contributed by atoms with van der Waals surface area (Å²) in [6.45, 7) is 0.113. The molecule has 0 spiro atoms. The van der Waals surface area contributed by atoms with Crippen LogP contribution in [0, 0.1) is 0 Å². The lowest BCUT2D eigenvalue weighted by Crippen LogP contribution is -2.38. The predicted octanol–water partition coefficient (Wildman–Crippen LogP) is 3.17. The second-order valence-corrected chi connectivity index (χ2v) is 10.1. The van der Waals surface area contributed by atoms with E-state index in [-0.39, 0.29) is 30.0 Å². The second kappa shape index (κ2) is 7.82. The molecule has 2 aromatic rings. The Kier molecular flexibility index (Phi) is 5.88. The monoisotopic (exact) mass is 433 g/mol. The first-order valence-corrected chi connectivity index (χ1v) is 11.3. The molecule has 1 fully saturated rings. The maximum absolute atomic E-state index is 12.2. The van der Waals surface area contributed by atoms with E-state index >= 15 is 0 Å². The number of halogens is 2. The highest BCUT2D eigenvalue weighted by molar-refractivity contribution is 7.91. The summed E-state index contributed by atoms with van der Waals surface area (Å²) in [5.41, 5.74) is 1.50.